The highest BCUT2D eigenvalue weighted by Gasteiger charge is 2.12. The molecule has 0 unspecified atom stereocenters. The Morgan fingerprint density at radius 1 is 1.21 bits per heavy atom. The van der Waals surface area contributed by atoms with E-state index < -0.39 is 0 Å². The fourth-order valence-corrected chi connectivity index (χ4v) is 3.53. The molecule has 0 aliphatic rings. The van der Waals surface area contributed by atoms with Gasteiger partial charge in [0.1, 0.15) is 11.3 Å². The Morgan fingerprint density at radius 3 is 2.95 bits per heavy atom. The normalized spacial score (nSPS) is 11.7. The molecule has 0 atom stereocenters. The van der Waals surface area contributed by atoms with Gasteiger partial charge in [-0.15, -0.1) is 5.10 Å². The molecule has 3 heterocycles. The van der Waals surface area contributed by atoms with Crippen molar-refractivity contribution in [3.8, 4) is 11.5 Å². The molecular formula is C12H5Br2N3OS. The molecule has 94 valence electrons. The molecule has 3 aromatic heterocycles. The first-order valence-electron chi connectivity index (χ1n) is 5.40. The van der Waals surface area contributed by atoms with E-state index in [-0.39, 0.29) is 0 Å². The number of halogens is 2. The number of hydrogen-bond donors (Lipinski definition) is 0. The van der Waals surface area contributed by atoms with E-state index in [2.05, 4.69) is 41.9 Å². The van der Waals surface area contributed by atoms with E-state index in [1.807, 2.05) is 30.5 Å². The van der Waals surface area contributed by atoms with Crippen LogP contribution in [-0.2, 0) is 0 Å². The zero-order chi connectivity index (χ0) is 13.0. The van der Waals surface area contributed by atoms with Crippen LogP contribution in [0.5, 0.6) is 0 Å². The molecule has 0 bridgehead atoms. The number of imidazole rings is 1. The Balaban J connectivity index is 1.90. The average Bonchev–Trinajstić information content (AvgIpc) is 2.99. The van der Waals surface area contributed by atoms with E-state index in [9.17, 15) is 0 Å². The third kappa shape index (κ3) is 1.92. The smallest absolute Gasteiger partial charge is 0.213 e. The molecule has 0 N–H and O–H groups in total. The predicted octanol–water partition coefficient (Wildman–Crippen LogP) is 4.73. The van der Waals surface area contributed by atoms with Crippen LogP contribution < -0.4 is 0 Å². The van der Waals surface area contributed by atoms with Crippen LogP contribution in [0.25, 0.3) is 27.4 Å². The number of hydrogen-bond acceptors (Lipinski definition) is 4. The van der Waals surface area contributed by atoms with E-state index in [1.165, 1.54) is 11.3 Å². The highest BCUT2D eigenvalue weighted by molar-refractivity contribution is 9.11. The van der Waals surface area contributed by atoms with Gasteiger partial charge in [-0.05, 0) is 40.2 Å². The fourth-order valence-electron chi connectivity index (χ4n) is 1.94. The lowest BCUT2D eigenvalue weighted by Crippen LogP contribution is -1.77. The van der Waals surface area contributed by atoms with Crippen molar-refractivity contribution in [3.05, 3.63) is 38.9 Å². The minimum absolute atomic E-state index is 0.752. The van der Waals surface area contributed by atoms with E-state index in [4.69, 9.17) is 4.42 Å². The van der Waals surface area contributed by atoms with Crippen LogP contribution in [0.3, 0.4) is 0 Å². The Hall–Kier alpha value is -1.18. The van der Waals surface area contributed by atoms with Crippen molar-refractivity contribution in [2.45, 2.75) is 0 Å². The topological polar surface area (TPSA) is 43.3 Å². The molecule has 4 rings (SSSR count). The lowest BCUT2D eigenvalue weighted by molar-refractivity contribution is 0.629. The van der Waals surface area contributed by atoms with Gasteiger partial charge in [-0.2, -0.15) is 0 Å². The van der Waals surface area contributed by atoms with Crippen LogP contribution in [0.4, 0.5) is 0 Å². The summed E-state index contributed by atoms with van der Waals surface area (Å²) in [7, 11) is 0. The largest absolute Gasteiger partial charge is 0.454 e. The molecule has 0 saturated carbocycles. The maximum atomic E-state index is 5.81. The van der Waals surface area contributed by atoms with Gasteiger partial charge in [0.25, 0.3) is 0 Å². The molecule has 0 radical (unpaired) electrons. The third-order valence-electron chi connectivity index (χ3n) is 2.75. The van der Waals surface area contributed by atoms with Crippen molar-refractivity contribution in [1.29, 1.82) is 0 Å². The van der Waals surface area contributed by atoms with E-state index in [0.717, 1.165) is 35.8 Å². The van der Waals surface area contributed by atoms with Crippen molar-refractivity contribution in [2.75, 3.05) is 0 Å². The van der Waals surface area contributed by atoms with E-state index in [0.29, 0.717) is 0 Å². The van der Waals surface area contributed by atoms with Crippen molar-refractivity contribution in [1.82, 2.24) is 14.6 Å². The molecule has 0 aliphatic carbocycles. The van der Waals surface area contributed by atoms with Crippen LogP contribution in [-0.4, -0.2) is 14.6 Å². The van der Waals surface area contributed by atoms with Crippen molar-refractivity contribution in [2.24, 2.45) is 0 Å². The number of fused-ring (bicyclic) bond motifs is 2. The van der Waals surface area contributed by atoms with Crippen LogP contribution in [0.15, 0.2) is 43.3 Å². The number of benzene rings is 1. The quantitative estimate of drug-likeness (QED) is 0.465. The van der Waals surface area contributed by atoms with Gasteiger partial charge in [0.05, 0.1) is 6.20 Å². The third-order valence-corrected chi connectivity index (χ3v) is 4.60. The first-order chi connectivity index (χ1) is 9.19. The number of nitrogens with zero attached hydrogens (tertiary/aromatic N) is 3. The minimum Gasteiger partial charge on any atom is -0.454 e. The van der Waals surface area contributed by atoms with Crippen molar-refractivity contribution >= 4 is 59.1 Å². The Bertz CT molecular complexity index is 877. The Kier molecular flexibility index (Phi) is 2.54. The maximum Gasteiger partial charge on any atom is 0.213 e. The zero-order valence-corrected chi connectivity index (χ0v) is 13.3. The molecule has 0 fully saturated rings. The Labute approximate surface area is 128 Å². The number of aromatic nitrogens is 3. The van der Waals surface area contributed by atoms with Gasteiger partial charge in [-0.25, -0.2) is 9.50 Å². The zero-order valence-electron chi connectivity index (χ0n) is 9.30. The van der Waals surface area contributed by atoms with Crippen molar-refractivity contribution < 1.29 is 4.42 Å². The lowest BCUT2D eigenvalue weighted by Gasteiger charge is -1.88. The summed E-state index contributed by atoms with van der Waals surface area (Å²) in [5.41, 5.74) is 1.64. The van der Waals surface area contributed by atoms with Gasteiger partial charge in [0, 0.05) is 9.86 Å². The summed E-state index contributed by atoms with van der Waals surface area (Å²) in [6, 6.07) is 7.91. The van der Waals surface area contributed by atoms with Gasteiger partial charge >= 0.3 is 0 Å². The second-order valence-corrected chi connectivity index (χ2v) is 7.15. The van der Waals surface area contributed by atoms with Gasteiger partial charge in [0.2, 0.25) is 4.96 Å². The highest BCUT2D eigenvalue weighted by Crippen LogP contribution is 2.30. The first-order valence-corrected chi connectivity index (χ1v) is 7.80. The molecule has 0 saturated heterocycles. The average molecular weight is 399 g/mol. The summed E-state index contributed by atoms with van der Waals surface area (Å²) in [6.07, 6.45) is 1.86. The molecule has 19 heavy (non-hydrogen) atoms. The minimum atomic E-state index is 0.752. The molecule has 0 spiro atoms. The van der Waals surface area contributed by atoms with Crippen LogP contribution >= 0.6 is 43.2 Å². The van der Waals surface area contributed by atoms with Crippen LogP contribution in [0, 0.1) is 0 Å². The maximum absolute atomic E-state index is 5.81. The first kappa shape index (κ1) is 11.6. The Morgan fingerprint density at radius 2 is 2.11 bits per heavy atom. The molecule has 0 amide bonds. The van der Waals surface area contributed by atoms with E-state index in [1.54, 1.807) is 4.52 Å². The number of furan rings is 1. The summed E-state index contributed by atoms with van der Waals surface area (Å²) in [4.78, 5) is 5.34. The molecule has 0 aliphatic heterocycles. The SMILES string of the molecule is Brc1ccc2oc(-c3cn4nc(Br)sc4n3)cc2c1. The van der Waals surface area contributed by atoms with E-state index >= 15 is 0 Å². The second kappa shape index (κ2) is 4.16. The summed E-state index contributed by atoms with van der Waals surface area (Å²) in [6.45, 7) is 0. The molecule has 1 aromatic carbocycles. The molecular weight excluding hydrogens is 394 g/mol. The second-order valence-electron chi connectivity index (χ2n) is 4.00. The predicted molar refractivity (Wildman–Crippen MR) is 81.5 cm³/mol. The van der Waals surface area contributed by atoms with Crippen LogP contribution in [0.2, 0.25) is 0 Å². The summed E-state index contributed by atoms with van der Waals surface area (Å²) in [5.74, 6) is 0.752. The lowest BCUT2D eigenvalue weighted by atomic mass is 10.2. The summed E-state index contributed by atoms with van der Waals surface area (Å²) in [5, 5.41) is 5.32. The van der Waals surface area contributed by atoms with Gasteiger partial charge in [-0.3, -0.25) is 0 Å². The van der Waals surface area contributed by atoms with Crippen molar-refractivity contribution in [3.63, 3.8) is 0 Å². The number of rotatable bonds is 1. The van der Waals surface area contributed by atoms with Gasteiger partial charge in [0.15, 0.2) is 9.68 Å². The molecule has 4 aromatic rings. The standard InChI is InChI=1S/C12H5Br2N3OS/c13-7-1-2-9-6(3-7)4-10(18-9)8-5-17-12(15-8)19-11(14)16-17/h1-5H. The van der Waals surface area contributed by atoms with Gasteiger partial charge in [-0.1, -0.05) is 27.3 Å². The van der Waals surface area contributed by atoms with Gasteiger partial charge < -0.3 is 4.42 Å². The fraction of sp³-hybridized carbons (Fsp3) is 0. The van der Waals surface area contributed by atoms with Crippen LogP contribution in [0.1, 0.15) is 0 Å². The monoisotopic (exact) mass is 397 g/mol. The molecule has 4 nitrogen and oxygen atoms in total. The summed E-state index contributed by atoms with van der Waals surface area (Å²) >= 11 is 8.28. The molecule has 7 heteroatoms. The highest BCUT2D eigenvalue weighted by atomic mass is 79.9. The summed E-state index contributed by atoms with van der Waals surface area (Å²) < 4.78 is 9.40.